The Morgan fingerprint density at radius 3 is 1.00 bits per heavy atom. The summed E-state index contributed by atoms with van der Waals surface area (Å²) in [7, 11) is 0. The van der Waals surface area contributed by atoms with E-state index >= 15 is 0 Å². The van der Waals surface area contributed by atoms with E-state index in [-0.39, 0.29) is 0 Å². The molecule has 0 bridgehead atoms. The largest absolute Gasteiger partial charge is 0.336 e. The van der Waals surface area contributed by atoms with Crippen molar-refractivity contribution in [1.29, 1.82) is 0 Å². The van der Waals surface area contributed by atoms with Crippen molar-refractivity contribution in [2.45, 2.75) is 19.6 Å². The molecule has 1 fully saturated rings. The van der Waals surface area contributed by atoms with E-state index in [9.17, 15) is 0 Å². The number of rotatable bonds is 6. The van der Waals surface area contributed by atoms with Gasteiger partial charge in [0.1, 0.15) is 0 Å². The van der Waals surface area contributed by atoms with Gasteiger partial charge in [0.25, 0.3) is 0 Å². The third-order valence-electron chi connectivity index (χ3n) is 5.68. The molecule has 0 spiro atoms. The number of para-hydroxylation sites is 3. The Morgan fingerprint density at radius 1 is 0.467 bits per heavy atom. The number of hydrogen-bond acceptors (Lipinski definition) is 6. The van der Waals surface area contributed by atoms with Crippen molar-refractivity contribution < 1.29 is 0 Å². The van der Waals surface area contributed by atoms with Crippen molar-refractivity contribution in [1.82, 2.24) is 0 Å². The van der Waals surface area contributed by atoms with E-state index in [1.165, 1.54) is 0 Å². The SMILES string of the molecule is NCc1ccccc1N1CN(c2ccccc2CN)CN(c2ccccc2CN)C1. The van der Waals surface area contributed by atoms with Crippen LogP contribution in [0.2, 0.25) is 0 Å². The Balaban J connectivity index is 1.76. The highest BCUT2D eigenvalue weighted by Gasteiger charge is 2.27. The third-order valence-corrected chi connectivity index (χ3v) is 5.68. The number of benzene rings is 3. The zero-order valence-electron chi connectivity index (χ0n) is 17.2. The van der Waals surface area contributed by atoms with Gasteiger partial charge in [-0.2, -0.15) is 0 Å². The summed E-state index contributed by atoms with van der Waals surface area (Å²) in [6.07, 6.45) is 0. The van der Waals surface area contributed by atoms with Gasteiger partial charge in [-0.3, -0.25) is 0 Å². The quantitative estimate of drug-likeness (QED) is 0.588. The second-order valence-electron chi connectivity index (χ2n) is 7.54. The molecule has 0 aliphatic carbocycles. The molecule has 30 heavy (non-hydrogen) atoms. The average molecular weight is 403 g/mol. The Labute approximate surface area is 178 Å². The van der Waals surface area contributed by atoms with E-state index in [4.69, 9.17) is 17.2 Å². The zero-order chi connectivity index (χ0) is 20.9. The van der Waals surface area contributed by atoms with E-state index in [0.717, 1.165) is 53.8 Å². The van der Waals surface area contributed by atoms with Gasteiger partial charge in [-0.05, 0) is 34.9 Å². The fourth-order valence-corrected chi connectivity index (χ4v) is 4.19. The molecule has 156 valence electrons. The van der Waals surface area contributed by atoms with Crippen molar-refractivity contribution in [3.63, 3.8) is 0 Å². The van der Waals surface area contributed by atoms with E-state index in [1.54, 1.807) is 0 Å². The van der Waals surface area contributed by atoms with Gasteiger partial charge in [0.2, 0.25) is 0 Å². The molecule has 0 aromatic heterocycles. The minimum atomic E-state index is 0.505. The lowest BCUT2D eigenvalue weighted by Crippen LogP contribution is -2.56. The first-order chi connectivity index (χ1) is 14.7. The fourth-order valence-electron chi connectivity index (χ4n) is 4.19. The van der Waals surface area contributed by atoms with Crippen molar-refractivity contribution in [2.24, 2.45) is 17.2 Å². The summed E-state index contributed by atoms with van der Waals surface area (Å²) >= 11 is 0. The normalized spacial score (nSPS) is 14.3. The fraction of sp³-hybridized carbons (Fsp3) is 0.250. The summed E-state index contributed by atoms with van der Waals surface area (Å²) in [5.41, 5.74) is 25.0. The van der Waals surface area contributed by atoms with Crippen LogP contribution in [0.4, 0.5) is 17.1 Å². The van der Waals surface area contributed by atoms with Gasteiger partial charge < -0.3 is 31.9 Å². The third kappa shape index (κ3) is 3.98. The van der Waals surface area contributed by atoms with Gasteiger partial charge in [0.15, 0.2) is 0 Å². The molecular weight excluding hydrogens is 372 g/mol. The molecule has 6 nitrogen and oxygen atoms in total. The first-order valence-corrected chi connectivity index (χ1v) is 10.3. The van der Waals surface area contributed by atoms with Crippen LogP contribution in [-0.2, 0) is 19.6 Å². The molecule has 1 saturated heterocycles. The van der Waals surface area contributed by atoms with Crippen LogP contribution < -0.4 is 31.9 Å². The van der Waals surface area contributed by atoms with Crippen LogP contribution in [0.3, 0.4) is 0 Å². The zero-order valence-corrected chi connectivity index (χ0v) is 17.2. The van der Waals surface area contributed by atoms with E-state index in [1.807, 2.05) is 18.2 Å². The van der Waals surface area contributed by atoms with Gasteiger partial charge in [0.05, 0.1) is 20.0 Å². The first kappa shape index (κ1) is 20.2. The van der Waals surface area contributed by atoms with Crippen LogP contribution in [0.15, 0.2) is 72.8 Å². The summed E-state index contributed by atoms with van der Waals surface area (Å²) in [6.45, 7) is 3.79. The smallest absolute Gasteiger partial charge is 0.0937 e. The van der Waals surface area contributed by atoms with Crippen LogP contribution in [0.25, 0.3) is 0 Å². The molecule has 4 rings (SSSR count). The second kappa shape index (κ2) is 9.17. The molecule has 1 aliphatic rings. The molecule has 0 radical (unpaired) electrons. The van der Waals surface area contributed by atoms with E-state index in [2.05, 4.69) is 69.3 Å². The van der Waals surface area contributed by atoms with Gasteiger partial charge >= 0.3 is 0 Å². The summed E-state index contributed by atoms with van der Waals surface area (Å²) in [6, 6.07) is 25.1. The average Bonchev–Trinajstić information content (AvgIpc) is 2.83. The summed E-state index contributed by atoms with van der Waals surface area (Å²) in [5.74, 6) is 0. The Hall–Kier alpha value is -3.06. The van der Waals surface area contributed by atoms with Crippen LogP contribution >= 0.6 is 0 Å². The highest BCUT2D eigenvalue weighted by Crippen LogP contribution is 2.31. The molecular formula is C24H30N6. The van der Waals surface area contributed by atoms with Crippen LogP contribution in [0.5, 0.6) is 0 Å². The minimum absolute atomic E-state index is 0.505. The van der Waals surface area contributed by atoms with Gasteiger partial charge in [-0.25, -0.2) is 0 Å². The predicted octanol–water partition coefficient (Wildman–Crippen LogP) is 2.77. The molecule has 0 amide bonds. The van der Waals surface area contributed by atoms with Gasteiger partial charge in [-0.15, -0.1) is 0 Å². The minimum Gasteiger partial charge on any atom is -0.336 e. The second-order valence-corrected chi connectivity index (χ2v) is 7.54. The Kier molecular flexibility index (Phi) is 6.18. The molecule has 6 N–H and O–H groups in total. The molecule has 1 aliphatic heterocycles. The molecule has 0 unspecified atom stereocenters. The highest BCUT2D eigenvalue weighted by atomic mass is 15.5. The lowest BCUT2D eigenvalue weighted by atomic mass is 10.1. The maximum absolute atomic E-state index is 6.05. The lowest BCUT2D eigenvalue weighted by molar-refractivity contribution is 0.605. The highest BCUT2D eigenvalue weighted by molar-refractivity contribution is 5.64. The summed E-state index contributed by atoms with van der Waals surface area (Å²) in [4.78, 5) is 7.10. The Bertz CT molecular complexity index is 855. The van der Waals surface area contributed by atoms with Gasteiger partial charge in [0, 0.05) is 36.7 Å². The lowest BCUT2D eigenvalue weighted by Gasteiger charge is -2.46. The molecule has 3 aromatic rings. The molecule has 0 saturated carbocycles. The number of nitrogens with two attached hydrogens (primary N) is 3. The van der Waals surface area contributed by atoms with Crippen molar-refractivity contribution >= 4 is 17.1 Å². The summed E-state index contributed by atoms with van der Waals surface area (Å²) in [5, 5.41) is 0. The first-order valence-electron chi connectivity index (χ1n) is 10.3. The van der Waals surface area contributed by atoms with Crippen molar-refractivity contribution in [2.75, 3.05) is 34.7 Å². The van der Waals surface area contributed by atoms with E-state index in [0.29, 0.717) is 19.6 Å². The molecule has 6 heteroatoms. The number of hydrogen-bond donors (Lipinski definition) is 3. The topological polar surface area (TPSA) is 87.8 Å². The maximum atomic E-state index is 6.05. The standard InChI is InChI=1S/C24H30N6/c25-13-19-7-1-4-10-22(19)28-16-29(23-11-5-2-8-20(23)14-26)18-30(17-28)24-12-6-3-9-21(24)15-27/h1-12H,13-18,25-27H2. The van der Waals surface area contributed by atoms with Gasteiger partial charge in [-0.1, -0.05) is 54.6 Å². The summed E-state index contributed by atoms with van der Waals surface area (Å²) < 4.78 is 0. The maximum Gasteiger partial charge on any atom is 0.0937 e. The van der Waals surface area contributed by atoms with Crippen molar-refractivity contribution in [3.8, 4) is 0 Å². The predicted molar refractivity (Wildman–Crippen MR) is 125 cm³/mol. The molecule has 1 heterocycles. The van der Waals surface area contributed by atoms with Crippen LogP contribution in [0.1, 0.15) is 16.7 Å². The number of nitrogens with zero attached hydrogens (tertiary/aromatic N) is 3. The van der Waals surface area contributed by atoms with Crippen LogP contribution in [0, 0.1) is 0 Å². The number of anilines is 3. The molecule has 0 atom stereocenters. The van der Waals surface area contributed by atoms with E-state index < -0.39 is 0 Å². The van der Waals surface area contributed by atoms with Crippen LogP contribution in [-0.4, -0.2) is 20.0 Å². The monoisotopic (exact) mass is 402 g/mol. The molecule has 3 aromatic carbocycles. The Morgan fingerprint density at radius 2 is 0.733 bits per heavy atom. The van der Waals surface area contributed by atoms with Crippen molar-refractivity contribution in [3.05, 3.63) is 89.5 Å².